The van der Waals surface area contributed by atoms with E-state index in [1.165, 1.54) is 0 Å². The topological polar surface area (TPSA) is 70.2 Å². The van der Waals surface area contributed by atoms with Crippen LogP contribution in [0.25, 0.3) is 0 Å². The lowest BCUT2D eigenvalue weighted by Gasteiger charge is -2.28. The number of guanidine groups is 1. The molecule has 0 radical (unpaired) electrons. The Balaban J connectivity index is 1.87. The number of rotatable bonds is 5. The van der Waals surface area contributed by atoms with Crippen molar-refractivity contribution in [2.45, 2.75) is 18.9 Å². The standard InChI is InChI=1S/C15H25N3O3/c1-15(19,13-5-4-7-21-13)11-17-14(16-2)18(3)9-12-6-8-20-10-12/h4-5,7,12,19H,6,8-11H2,1-3H3,(H,16,17). The highest BCUT2D eigenvalue weighted by atomic mass is 16.5. The van der Waals surface area contributed by atoms with Crippen molar-refractivity contribution in [2.75, 3.05) is 40.4 Å². The third kappa shape index (κ3) is 4.22. The molecule has 2 N–H and O–H groups in total. The molecule has 0 aromatic carbocycles. The highest BCUT2D eigenvalue weighted by Gasteiger charge is 2.27. The SMILES string of the molecule is CN=C(NCC(C)(O)c1ccco1)N(C)CC1CCOC1. The van der Waals surface area contributed by atoms with Crippen LogP contribution in [0.3, 0.4) is 0 Å². The maximum atomic E-state index is 10.4. The second kappa shape index (κ2) is 6.95. The molecule has 0 bridgehead atoms. The van der Waals surface area contributed by atoms with Crippen molar-refractivity contribution in [3.63, 3.8) is 0 Å². The summed E-state index contributed by atoms with van der Waals surface area (Å²) >= 11 is 0. The lowest BCUT2D eigenvalue weighted by atomic mass is 10.0. The van der Waals surface area contributed by atoms with Crippen molar-refractivity contribution < 1.29 is 14.3 Å². The van der Waals surface area contributed by atoms with Crippen molar-refractivity contribution in [3.05, 3.63) is 24.2 Å². The fraction of sp³-hybridized carbons (Fsp3) is 0.667. The van der Waals surface area contributed by atoms with Gasteiger partial charge in [0.2, 0.25) is 0 Å². The summed E-state index contributed by atoms with van der Waals surface area (Å²) in [5.74, 6) is 1.84. The Kier molecular flexibility index (Phi) is 5.25. The van der Waals surface area contributed by atoms with E-state index < -0.39 is 5.60 Å². The highest BCUT2D eigenvalue weighted by molar-refractivity contribution is 5.79. The molecule has 6 nitrogen and oxygen atoms in total. The number of hydrogen-bond acceptors (Lipinski definition) is 4. The van der Waals surface area contributed by atoms with E-state index in [4.69, 9.17) is 9.15 Å². The van der Waals surface area contributed by atoms with E-state index in [-0.39, 0.29) is 0 Å². The van der Waals surface area contributed by atoms with Crippen LogP contribution < -0.4 is 5.32 Å². The molecule has 2 unspecified atom stereocenters. The zero-order chi connectivity index (χ0) is 15.3. The van der Waals surface area contributed by atoms with Crippen LogP contribution in [0.4, 0.5) is 0 Å². The van der Waals surface area contributed by atoms with Gasteiger partial charge in [-0.05, 0) is 25.5 Å². The van der Waals surface area contributed by atoms with Crippen LogP contribution in [0, 0.1) is 5.92 Å². The Morgan fingerprint density at radius 1 is 1.62 bits per heavy atom. The number of aliphatic imine (C=N–C) groups is 1. The minimum Gasteiger partial charge on any atom is -0.466 e. The van der Waals surface area contributed by atoms with Gasteiger partial charge >= 0.3 is 0 Å². The normalized spacial score (nSPS) is 22.1. The van der Waals surface area contributed by atoms with Crippen LogP contribution >= 0.6 is 0 Å². The van der Waals surface area contributed by atoms with E-state index in [0.29, 0.717) is 18.2 Å². The van der Waals surface area contributed by atoms with Crippen LogP contribution in [0.2, 0.25) is 0 Å². The smallest absolute Gasteiger partial charge is 0.193 e. The molecule has 0 aliphatic carbocycles. The van der Waals surface area contributed by atoms with Crippen molar-refractivity contribution in [1.29, 1.82) is 0 Å². The van der Waals surface area contributed by atoms with Gasteiger partial charge in [-0.3, -0.25) is 4.99 Å². The second-order valence-corrected chi connectivity index (χ2v) is 5.76. The molecule has 21 heavy (non-hydrogen) atoms. The minimum absolute atomic E-state index is 0.332. The summed E-state index contributed by atoms with van der Waals surface area (Å²) in [6, 6.07) is 3.54. The minimum atomic E-state index is -1.07. The second-order valence-electron chi connectivity index (χ2n) is 5.76. The van der Waals surface area contributed by atoms with Crippen molar-refractivity contribution in [3.8, 4) is 0 Å². The van der Waals surface area contributed by atoms with Gasteiger partial charge in [-0.15, -0.1) is 0 Å². The molecule has 2 rings (SSSR count). The highest BCUT2D eigenvalue weighted by Crippen LogP contribution is 2.20. The molecular formula is C15H25N3O3. The van der Waals surface area contributed by atoms with Gasteiger partial charge in [0.1, 0.15) is 11.4 Å². The van der Waals surface area contributed by atoms with Gasteiger partial charge in [0.05, 0.1) is 19.4 Å². The average molecular weight is 295 g/mol. The summed E-state index contributed by atoms with van der Waals surface area (Å²) in [7, 11) is 3.74. The Labute approximate surface area is 125 Å². The van der Waals surface area contributed by atoms with E-state index in [9.17, 15) is 5.11 Å². The van der Waals surface area contributed by atoms with Crippen LogP contribution in [0.5, 0.6) is 0 Å². The first-order valence-corrected chi connectivity index (χ1v) is 7.29. The molecule has 0 spiro atoms. The molecule has 1 aliphatic rings. The Morgan fingerprint density at radius 2 is 2.43 bits per heavy atom. The summed E-state index contributed by atoms with van der Waals surface area (Å²) in [6.07, 6.45) is 2.65. The van der Waals surface area contributed by atoms with Gasteiger partial charge in [-0.1, -0.05) is 0 Å². The summed E-state index contributed by atoms with van der Waals surface area (Å²) in [5, 5.41) is 13.6. The van der Waals surface area contributed by atoms with Crippen molar-refractivity contribution in [1.82, 2.24) is 10.2 Å². The zero-order valence-corrected chi connectivity index (χ0v) is 13.0. The fourth-order valence-electron chi connectivity index (χ4n) is 2.51. The molecule has 2 heterocycles. The monoisotopic (exact) mass is 295 g/mol. The van der Waals surface area contributed by atoms with E-state index >= 15 is 0 Å². The van der Waals surface area contributed by atoms with Gasteiger partial charge in [-0.25, -0.2) is 0 Å². The lowest BCUT2D eigenvalue weighted by Crippen LogP contribution is -2.46. The predicted molar refractivity (Wildman–Crippen MR) is 81.2 cm³/mol. The largest absolute Gasteiger partial charge is 0.466 e. The number of nitrogens with one attached hydrogen (secondary N) is 1. The number of aliphatic hydroxyl groups is 1. The molecule has 1 fully saturated rings. The van der Waals surface area contributed by atoms with E-state index in [2.05, 4.69) is 15.2 Å². The molecule has 1 aromatic heterocycles. The zero-order valence-electron chi connectivity index (χ0n) is 13.0. The van der Waals surface area contributed by atoms with Gasteiger partial charge < -0.3 is 24.5 Å². The molecule has 1 saturated heterocycles. The van der Waals surface area contributed by atoms with Gasteiger partial charge in [-0.2, -0.15) is 0 Å². The molecule has 1 aromatic rings. The van der Waals surface area contributed by atoms with E-state index in [0.717, 1.165) is 32.1 Å². The third-order valence-electron chi connectivity index (χ3n) is 3.77. The maximum absolute atomic E-state index is 10.4. The number of furan rings is 1. The van der Waals surface area contributed by atoms with Gasteiger partial charge in [0.15, 0.2) is 5.96 Å². The van der Waals surface area contributed by atoms with E-state index in [1.54, 1.807) is 32.4 Å². The Bertz CT molecular complexity index is 451. The predicted octanol–water partition coefficient (Wildman–Crippen LogP) is 1.03. The van der Waals surface area contributed by atoms with Crippen LogP contribution in [-0.4, -0.2) is 56.4 Å². The first-order chi connectivity index (χ1) is 10.0. The van der Waals surface area contributed by atoms with Crippen LogP contribution in [0.15, 0.2) is 27.8 Å². The number of ether oxygens (including phenoxy) is 1. The molecule has 118 valence electrons. The van der Waals surface area contributed by atoms with Crippen molar-refractivity contribution >= 4 is 5.96 Å². The summed E-state index contributed by atoms with van der Waals surface area (Å²) in [6.45, 7) is 4.60. The molecule has 6 heteroatoms. The maximum Gasteiger partial charge on any atom is 0.193 e. The molecular weight excluding hydrogens is 270 g/mol. The summed E-state index contributed by atoms with van der Waals surface area (Å²) < 4.78 is 10.7. The Morgan fingerprint density at radius 3 is 3.00 bits per heavy atom. The fourth-order valence-corrected chi connectivity index (χ4v) is 2.51. The molecule has 1 aliphatic heterocycles. The molecule has 0 amide bonds. The summed E-state index contributed by atoms with van der Waals surface area (Å²) in [5.41, 5.74) is -1.07. The van der Waals surface area contributed by atoms with Crippen molar-refractivity contribution in [2.24, 2.45) is 10.9 Å². The first kappa shape index (κ1) is 15.9. The van der Waals surface area contributed by atoms with Gasteiger partial charge in [0, 0.05) is 33.2 Å². The third-order valence-corrected chi connectivity index (χ3v) is 3.77. The first-order valence-electron chi connectivity index (χ1n) is 7.29. The molecule has 0 saturated carbocycles. The van der Waals surface area contributed by atoms with Crippen LogP contribution in [-0.2, 0) is 10.3 Å². The lowest BCUT2D eigenvalue weighted by molar-refractivity contribution is 0.0380. The van der Waals surface area contributed by atoms with Gasteiger partial charge in [0.25, 0.3) is 0 Å². The average Bonchev–Trinajstić information content (AvgIpc) is 3.12. The number of hydrogen-bond donors (Lipinski definition) is 2. The quantitative estimate of drug-likeness (QED) is 0.627. The summed E-state index contributed by atoms with van der Waals surface area (Å²) in [4.78, 5) is 6.33. The Hall–Kier alpha value is -1.53. The molecule has 2 atom stereocenters. The number of nitrogens with zero attached hydrogens (tertiary/aromatic N) is 2. The van der Waals surface area contributed by atoms with Crippen LogP contribution in [0.1, 0.15) is 19.1 Å². The van der Waals surface area contributed by atoms with E-state index in [1.807, 2.05) is 7.05 Å².